The number of thioether (sulfide) groups is 1. The lowest BCUT2D eigenvalue weighted by Gasteiger charge is -2.27. The summed E-state index contributed by atoms with van der Waals surface area (Å²) in [6.07, 6.45) is 1.87. The molecule has 1 saturated heterocycles. The number of carboxylic acid groups (broad SMARTS) is 1. The van der Waals surface area contributed by atoms with Crippen molar-refractivity contribution in [2.45, 2.75) is 31.5 Å². The van der Waals surface area contributed by atoms with Gasteiger partial charge in [-0.15, -0.1) is 0 Å². The summed E-state index contributed by atoms with van der Waals surface area (Å²) in [7, 11) is 0. The SMILES string of the molecule is CC(C)c1cnc(SCC(=O)O)n1CCN1CCOCC1. The Morgan fingerprint density at radius 2 is 2.14 bits per heavy atom. The second kappa shape index (κ2) is 7.82. The molecule has 0 aromatic carbocycles. The van der Waals surface area contributed by atoms with Crippen LogP contribution in [0.5, 0.6) is 0 Å². The number of ether oxygens (including phenoxy) is 1. The molecular weight excluding hydrogens is 290 g/mol. The number of imidazole rings is 1. The topological polar surface area (TPSA) is 67.6 Å². The first-order valence-electron chi connectivity index (χ1n) is 7.28. The first-order chi connectivity index (χ1) is 10.1. The molecule has 7 heteroatoms. The summed E-state index contributed by atoms with van der Waals surface area (Å²) in [4.78, 5) is 17.5. The number of hydrogen-bond donors (Lipinski definition) is 1. The van der Waals surface area contributed by atoms with Crippen molar-refractivity contribution < 1.29 is 14.6 Å². The van der Waals surface area contributed by atoms with Gasteiger partial charge >= 0.3 is 5.97 Å². The fourth-order valence-electron chi connectivity index (χ4n) is 2.36. The molecular formula is C14H23N3O3S. The third-order valence-electron chi connectivity index (χ3n) is 3.51. The van der Waals surface area contributed by atoms with Gasteiger partial charge in [0.25, 0.3) is 0 Å². The molecule has 1 aliphatic heterocycles. The molecule has 1 aliphatic rings. The fraction of sp³-hybridized carbons (Fsp3) is 0.714. The number of hydrogen-bond acceptors (Lipinski definition) is 5. The van der Waals surface area contributed by atoms with Gasteiger partial charge in [-0.05, 0) is 5.92 Å². The molecule has 21 heavy (non-hydrogen) atoms. The number of aliphatic carboxylic acids is 1. The predicted molar refractivity (Wildman–Crippen MR) is 81.9 cm³/mol. The van der Waals surface area contributed by atoms with Crippen LogP contribution in [0.2, 0.25) is 0 Å². The quantitative estimate of drug-likeness (QED) is 0.770. The lowest BCUT2D eigenvalue weighted by molar-refractivity contribution is -0.133. The molecule has 0 aliphatic carbocycles. The Kier molecular flexibility index (Phi) is 6.08. The van der Waals surface area contributed by atoms with Crippen molar-refractivity contribution in [3.63, 3.8) is 0 Å². The Morgan fingerprint density at radius 1 is 1.43 bits per heavy atom. The van der Waals surface area contributed by atoms with Crippen molar-refractivity contribution >= 4 is 17.7 Å². The molecule has 1 aromatic heterocycles. The number of rotatable bonds is 7. The lowest BCUT2D eigenvalue weighted by atomic mass is 10.1. The maximum atomic E-state index is 10.7. The molecule has 0 amide bonds. The van der Waals surface area contributed by atoms with E-state index in [2.05, 4.69) is 28.3 Å². The van der Waals surface area contributed by atoms with Crippen LogP contribution in [0.3, 0.4) is 0 Å². The number of carbonyl (C=O) groups is 1. The molecule has 2 rings (SSSR count). The number of morpholine rings is 1. The smallest absolute Gasteiger partial charge is 0.313 e. The highest BCUT2D eigenvalue weighted by Gasteiger charge is 2.16. The third-order valence-corrected chi connectivity index (χ3v) is 4.48. The second-order valence-electron chi connectivity index (χ2n) is 5.41. The van der Waals surface area contributed by atoms with Gasteiger partial charge < -0.3 is 14.4 Å². The minimum absolute atomic E-state index is 0.0477. The highest BCUT2D eigenvalue weighted by Crippen LogP contribution is 2.23. The molecule has 1 N–H and O–H groups in total. The van der Waals surface area contributed by atoms with Crippen molar-refractivity contribution in [2.75, 3.05) is 38.6 Å². The summed E-state index contributed by atoms with van der Waals surface area (Å²) in [6, 6.07) is 0. The van der Waals surface area contributed by atoms with Crippen LogP contribution < -0.4 is 0 Å². The highest BCUT2D eigenvalue weighted by molar-refractivity contribution is 7.99. The molecule has 1 fully saturated rings. The summed E-state index contributed by atoms with van der Waals surface area (Å²) in [5, 5.41) is 9.64. The first-order valence-corrected chi connectivity index (χ1v) is 8.26. The zero-order valence-corrected chi connectivity index (χ0v) is 13.4. The van der Waals surface area contributed by atoms with Gasteiger partial charge in [0.2, 0.25) is 0 Å². The Balaban J connectivity index is 2.02. The van der Waals surface area contributed by atoms with E-state index in [1.807, 2.05) is 6.20 Å². The van der Waals surface area contributed by atoms with Gasteiger partial charge in [0.1, 0.15) is 0 Å². The molecule has 1 aromatic rings. The second-order valence-corrected chi connectivity index (χ2v) is 6.35. The Bertz CT molecular complexity index is 470. The summed E-state index contributed by atoms with van der Waals surface area (Å²) in [5.41, 5.74) is 1.16. The normalized spacial score (nSPS) is 16.5. The van der Waals surface area contributed by atoms with Crippen LogP contribution in [-0.2, 0) is 16.1 Å². The predicted octanol–water partition coefficient (Wildman–Crippen LogP) is 1.52. The van der Waals surface area contributed by atoms with E-state index in [0.717, 1.165) is 50.2 Å². The van der Waals surface area contributed by atoms with Gasteiger partial charge in [-0.1, -0.05) is 25.6 Å². The van der Waals surface area contributed by atoms with E-state index in [1.54, 1.807) is 0 Å². The van der Waals surface area contributed by atoms with Gasteiger partial charge in [-0.3, -0.25) is 9.69 Å². The summed E-state index contributed by atoms with van der Waals surface area (Å²) >= 11 is 1.29. The van der Waals surface area contributed by atoms with E-state index in [-0.39, 0.29) is 5.75 Å². The maximum Gasteiger partial charge on any atom is 0.313 e. The van der Waals surface area contributed by atoms with E-state index in [0.29, 0.717) is 5.92 Å². The summed E-state index contributed by atoms with van der Waals surface area (Å²) < 4.78 is 7.52. The third kappa shape index (κ3) is 4.72. The Labute approximate surface area is 129 Å². The fourth-order valence-corrected chi connectivity index (χ4v) is 3.10. The maximum absolute atomic E-state index is 10.7. The number of aromatic nitrogens is 2. The Hall–Kier alpha value is -1.05. The molecule has 2 heterocycles. The average Bonchev–Trinajstić information content (AvgIpc) is 2.87. The van der Waals surface area contributed by atoms with Crippen LogP contribution >= 0.6 is 11.8 Å². The summed E-state index contributed by atoms with van der Waals surface area (Å²) in [6.45, 7) is 9.56. The standard InChI is InChI=1S/C14H23N3O3S/c1-11(2)12-9-15-14(21-10-13(18)19)17(12)4-3-16-5-7-20-8-6-16/h9,11H,3-8,10H2,1-2H3,(H,18,19). The molecule has 6 nitrogen and oxygen atoms in total. The molecule has 0 radical (unpaired) electrons. The van der Waals surface area contributed by atoms with Crippen molar-refractivity contribution in [1.82, 2.24) is 14.5 Å². The molecule has 0 atom stereocenters. The van der Waals surface area contributed by atoms with E-state index < -0.39 is 5.97 Å². The van der Waals surface area contributed by atoms with Gasteiger partial charge in [0.05, 0.1) is 19.0 Å². The number of nitrogens with zero attached hydrogens (tertiary/aromatic N) is 3. The van der Waals surface area contributed by atoms with Crippen molar-refractivity contribution in [3.05, 3.63) is 11.9 Å². The lowest BCUT2D eigenvalue weighted by Crippen LogP contribution is -2.38. The van der Waals surface area contributed by atoms with Gasteiger partial charge in [-0.25, -0.2) is 4.98 Å². The van der Waals surface area contributed by atoms with E-state index in [4.69, 9.17) is 9.84 Å². The van der Waals surface area contributed by atoms with E-state index >= 15 is 0 Å². The highest BCUT2D eigenvalue weighted by atomic mass is 32.2. The molecule has 0 unspecified atom stereocenters. The van der Waals surface area contributed by atoms with E-state index in [1.165, 1.54) is 11.8 Å². The van der Waals surface area contributed by atoms with Crippen LogP contribution in [0, 0.1) is 0 Å². The van der Waals surface area contributed by atoms with Gasteiger partial charge in [0, 0.05) is 38.1 Å². The van der Waals surface area contributed by atoms with Crippen molar-refractivity contribution in [2.24, 2.45) is 0 Å². The largest absolute Gasteiger partial charge is 0.481 e. The monoisotopic (exact) mass is 313 g/mol. The van der Waals surface area contributed by atoms with Crippen molar-refractivity contribution in [3.8, 4) is 0 Å². The van der Waals surface area contributed by atoms with Gasteiger partial charge in [0.15, 0.2) is 5.16 Å². The number of carboxylic acids is 1. The van der Waals surface area contributed by atoms with Crippen LogP contribution in [0.15, 0.2) is 11.4 Å². The molecule has 118 valence electrons. The van der Waals surface area contributed by atoms with E-state index in [9.17, 15) is 4.79 Å². The molecule has 0 bridgehead atoms. The zero-order chi connectivity index (χ0) is 15.2. The first kappa shape index (κ1) is 16.3. The van der Waals surface area contributed by atoms with Crippen LogP contribution in [0.25, 0.3) is 0 Å². The molecule has 0 spiro atoms. The van der Waals surface area contributed by atoms with Crippen LogP contribution in [0.4, 0.5) is 0 Å². The zero-order valence-electron chi connectivity index (χ0n) is 12.6. The summed E-state index contributed by atoms with van der Waals surface area (Å²) in [5.74, 6) is -0.387. The minimum Gasteiger partial charge on any atom is -0.481 e. The average molecular weight is 313 g/mol. The van der Waals surface area contributed by atoms with Gasteiger partial charge in [-0.2, -0.15) is 0 Å². The molecule has 0 saturated carbocycles. The van der Waals surface area contributed by atoms with Crippen molar-refractivity contribution in [1.29, 1.82) is 0 Å². The minimum atomic E-state index is -0.811. The Morgan fingerprint density at radius 3 is 2.76 bits per heavy atom. The van der Waals surface area contributed by atoms with Crippen LogP contribution in [-0.4, -0.2) is 64.1 Å². The van der Waals surface area contributed by atoms with Crippen LogP contribution in [0.1, 0.15) is 25.5 Å².